The topological polar surface area (TPSA) is 12.0 Å². The van der Waals surface area contributed by atoms with Gasteiger partial charge in [0.1, 0.15) is 0 Å². The van der Waals surface area contributed by atoms with Gasteiger partial charge in [-0.25, -0.2) is 0 Å². The lowest BCUT2D eigenvalue weighted by Crippen LogP contribution is -2.16. The number of benzene rings is 2. The van der Waals surface area contributed by atoms with Crippen molar-refractivity contribution in [2.24, 2.45) is 0 Å². The molecule has 0 unspecified atom stereocenters. The Morgan fingerprint density at radius 3 is 2.50 bits per heavy atom. The van der Waals surface area contributed by atoms with Crippen LogP contribution in [0.25, 0.3) is 11.1 Å². The van der Waals surface area contributed by atoms with E-state index in [1.54, 1.807) is 0 Å². The van der Waals surface area contributed by atoms with Crippen LogP contribution in [0.4, 0.5) is 0 Å². The first-order valence-electron chi connectivity index (χ1n) is 7.23. The van der Waals surface area contributed by atoms with Crippen LogP contribution in [0.1, 0.15) is 29.5 Å². The highest BCUT2D eigenvalue weighted by atomic mass is 35.5. The van der Waals surface area contributed by atoms with Gasteiger partial charge in [-0.1, -0.05) is 41.4 Å². The standard InChI is InChI=1S/C18H20ClN/c1-12-3-7-17(13(2)9-12)18-8-4-15(19)10-14(18)11-20-16-5-6-16/h3-4,7-10,16,20H,5-6,11H2,1-2H3. The van der Waals surface area contributed by atoms with Crippen molar-refractivity contribution < 1.29 is 0 Å². The fraction of sp³-hybridized carbons (Fsp3) is 0.333. The maximum atomic E-state index is 6.17. The van der Waals surface area contributed by atoms with Crippen molar-refractivity contribution >= 4 is 11.6 Å². The van der Waals surface area contributed by atoms with Crippen molar-refractivity contribution in [1.82, 2.24) is 5.32 Å². The number of hydrogen-bond acceptors (Lipinski definition) is 1. The van der Waals surface area contributed by atoms with Crippen LogP contribution in [-0.2, 0) is 6.54 Å². The average molecular weight is 286 g/mol. The number of halogens is 1. The molecule has 3 rings (SSSR count). The van der Waals surface area contributed by atoms with Gasteiger partial charge in [0, 0.05) is 17.6 Å². The van der Waals surface area contributed by atoms with Gasteiger partial charge >= 0.3 is 0 Å². The van der Waals surface area contributed by atoms with Gasteiger partial charge in [0.25, 0.3) is 0 Å². The highest BCUT2D eigenvalue weighted by molar-refractivity contribution is 6.30. The summed E-state index contributed by atoms with van der Waals surface area (Å²) in [4.78, 5) is 0. The average Bonchev–Trinajstić information content (AvgIpc) is 3.21. The second-order valence-corrected chi connectivity index (χ2v) is 6.21. The molecule has 0 spiro atoms. The third kappa shape index (κ3) is 3.05. The fourth-order valence-electron chi connectivity index (χ4n) is 2.63. The highest BCUT2D eigenvalue weighted by Crippen LogP contribution is 2.30. The summed E-state index contributed by atoms with van der Waals surface area (Å²) in [7, 11) is 0. The Labute approximate surface area is 126 Å². The smallest absolute Gasteiger partial charge is 0.0409 e. The molecule has 2 aromatic carbocycles. The first-order valence-corrected chi connectivity index (χ1v) is 7.61. The third-order valence-corrected chi connectivity index (χ3v) is 4.13. The molecule has 1 N–H and O–H groups in total. The minimum absolute atomic E-state index is 0.709. The lowest BCUT2D eigenvalue weighted by Gasteiger charge is -2.14. The summed E-state index contributed by atoms with van der Waals surface area (Å²) >= 11 is 6.17. The van der Waals surface area contributed by atoms with E-state index in [4.69, 9.17) is 11.6 Å². The molecule has 1 aliphatic rings. The molecule has 0 bridgehead atoms. The Bertz CT molecular complexity index is 629. The van der Waals surface area contributed by atoms with E-state index in [9.17, 15) is 0 Å². The van der Waals surface area contributed by atoms with E-state index < -0.39 is 0 Å². The van der Waals surface area contributed by atoms with Crippen LogP contribution in [0.15, 0.2) is 36.4 Å². The van der Waals surface area contributed by atoms with Crippen LogP contribution in [-0.4, -0.2) is 6.04 Å². The van der Waals surface area contributed by atoms with Gasteiger partial charge in [-0.15, -0.1) is 0 Å². The first-order chi connectivity index (χ1) is 9.63. The molecule has 1 saturated carbocycles. The van der Waals surface area contributed by atoms with Crippen molar-refractivity contribution in [2.75, 3.05) is 0 Å². The van der Waals surface area contributed by atoms with Crippen molar-refractivity contribution in [3.8, 4) is 11.1 Å². The second kappa shape index (κ2) is 5.59. The minimum atomic E-state index is 0.709. The SMILES string of the molecule is Cc1ccc(-c2ccc(Cl)cc2CNC2CC2)c(C)c1. The summed E-state index contributed by atoms with van der Waals surface area (Å²) in [5, 5.41) is 4.39. The normalized spacial score (nSPS) is 14.6. The van der Waals surface area contributed by atoms with Gasteiger partial charge in [0.05, 0.1) is 0 Å². The van der Waals surface area contributed by atoms with E-state index in [-0.39, 0.29) is 0 Å². The Balaban J connectivity index is 1.97. The summed E-state index contributed by atoms with van der Waals surface area (Å²) in [6, 6.07) is 13.6. The summed E-state index contributed by atoms with van der Waals surface area (Å²) in [5.41, 5.74) is 6.51. The molecule has 1 fully saturated rings. The van der Waals surface area contributed by atoms with Gasteiger partial charge in [-0.05, 0) is 61.1 Å². The number of rotatable bonds is 4. The van der Waals surface area contributed by atoms with Crippen LogP contribution < -0.4 is 5.32 Å². The van der Waals surface area contributed by atoms with Gasteiger partial charge in [-0.2, -0.15) is 0 Å². The predicted molar refractivity (Wildman–Crippen MR) is 86.2 cm³/mol. The second-order valence-electron chi connectivity index (χ2n) is 5.78. The Kier molecular flexibility index (Phi) is 3.82. The summed E-state index contributed by atoms with van der Waals surface area (Å²) in [6.45, 7) is 5.21. The fourth-order valence-corrected chi connectivity index (χ4v) is 2.82. The quantitative estimate of drug-likeness (QED) is 0.844. The van der Waals surface area contributed by atoms with Gasteiger partial charge in [-0.3, -0.25) is 0 Å². The molecule has 1 aliphatic carbocycles. The van der Waals surface area contributed by atoms with Gasteiger partial charge in [0.15, 0.2) is 0 Å². The third-order valence-electron chi connectivity index (χ3n) is 3.90. The molecule has 0 amide bonds. The zero-order valence-electron chi connectivity index (χ0n) is 12.0. The van der Waals surface area contributed by atoms with E-state index in [1.807, 2.05) is 6.07 Å². The van der Waals surface area contributed by atoms with Crippen molar-refractivity contribution in [2.45, 2.75) is 39.3 Å². The Morgan fingerprint density at radius 1 is 1.05 bits per heavy atom. The molecular formula is C18H20ClN. The Hall–Kier alpha value is -1.31. The van der Waals surface area contributed by atoms with Gasteiger partial charge < -0.3 is 5.32 Å². The van der Waals surface area contributed by atoms with Crippen LogP contribution >= 0.6 is 11.6 Å². The van der Waals surface area contributed by atoms with Crippen LogP contribution in [0.5, 0.6) is 0 Å². The first kappa shape index (κ1) is 13.7. The molecule has 104 valence electrons. The lowest BCUT2D eigenvalue weighted by atomic mass is 9.95. The van der Waals surface area contributed by atoms with Crippen LogP contribution in [0.3, 0.4) is 0 Å². The molecule has 0 saturated heterocycles. The Morgan fingerprint density at radius 2 is 1.80 bits per heavy atom. The molecule has 0 radical (unpaired) electrons. The summed E-state index contributed by atoms with van der Waals surface area (Å²) < 4.78 is 0. The maximum Gasteiger partial charge on any atom is 0.0409 e. The summed E-state index contributed by atoms with van der Waals surface area (Å²) in [6.07, 6.45) is 2.61. The van der Waals surface area contributed by atoms with Crippen molar-refractivity contribution in [1.29, 1.82) is 0 Å². The lowest BCUT2D eigenvalue weighted by molar-refractivity contribution is 0.689. The van der Waals surface area contributed by atoms with Crippen molar-refractivity contribution in [3.63, 3.8) is 0 Å². The van der Waals surface area contributed by atoms with E-state index in [0.717, 1.165) is 11.6 Å². The molecule has 0 aliphatic heterocycles. The van der Waals surface area contributed by atoms with Crippen molar-refractivity contribution in [3.05, 3.63) is 58.1 Å². The van der Waals surface area contributed by atoms with Crippen LogP contribution in [0.2, 0.25) is 5.02 Å². The number of nitrogens with one attached hydrogen (secondary N) is 1. The zero-order valence-corrected chi connectivity index (χ0v) is 12.8. The molecule has 1 nitrogen and oxygen atoms in total. The molecule has 2 aromatic rings. The molecule has 20 heavy (non-hydrogen) atoms. The van der Waals surface area contributed by atoms with E-state index in [2.05, 4.69) is 49.5 Å². The molecule has 0 heterocycles. The maximum absolute atomic E-state index is 6.17. The van der Waals surface area contributed by atoms with E-state index in [1.165, 1.54) is 40.7 Å². The zero-order chi connectivity index (χ0) is 14.1. The predicted octanol–water partition coefficient (Wildman–Crippen LogP) is 4.88. The van der Waals surface area contributed by atoms with E-state index in [0.29, 0.717) is 6.04 Å². The monoisotopic (exact) mass is 285 g/mol. The van der Waals surface area contributed by atoms with E-state index >= 15 is 0 Å². The largest absolute Gasteiger partial charge is 0.310 e. The number of hydrogen-bond donors (Lipinski definition) is 1. The molecule has 0 aromatic heterocycles. The minimum Gasteiger partial charge on any atom is -0.310 e. The molecule has 0 atom stereocenters. The summed E-state index contributed by atoms with van der Waals surface area (Å²) in [5.74, 6) is 0. The molecular weight excluding hydrogens is 266 g/mol. The highest BCUT2D eigenvalue weighted by Gasteiger charge is 2.20. The number of aryl methyl sites for hydroxylation is 2. The van der Waals surface area contributed by atoms with Gasteiger partial charge in [0.2, 0.25) is 0 Å². The molecule has 2 heteroatoms. The van der Waals surface area contributed by atoms with Crippen LogP contribution in [0, 0.1) is 13.8 Å².